The first-order valence-electron chi connectivity index (χ1n) is 6.25. The molecule has 3 N–H and O–H groups in total. The summed E-state index contributed by atoms with van der Waals surface area (Å²) in [4.78, 5) is 26.1. The molecule has 0 bridgehead atoms. The number of aromatic nitrogens is 1. The summed E-state index contributed by atoms with van der Waals surface area (Å²) in [6, 6.07) is 13.0. The van der Waals surface area contributed by atoms with Crippen molar-refractivity contribution in [3.05, 3.63) is 64.3 Å². The Labute approximate surface area is 119 Å². The minimum atomic E-state index is -1.08. The number of carboxylic acid groups (broad SMARTS) is 1. The van der Waals surface area contributed by atoms with E-state index in [0.29, 0.717) is 11.1 Å². The zero-order valence-corrected chi connectivity index (χ0v) is 10.8. The summed E-state index contributed by atoms with van der Waals surface area (Å²) >= 11 is 0. The average Bonchev–Trinajstić information content (AvgIpc) is 2.51. The predicted molar refractivity (Wildman–Crippen MR) is 78.6 cm³/mol. The molecule has 5 nitrogen and oxygen atoms in total. The second kappa shape index (κ2) is 4.79. The molecule has 0 unspecified atom stereocenters. The molecule has 104 valence electrons. The number of nitrogens with one attached hydrogen (secondary N) is 1. The molecule has 1 heterocycles. The third-order valence-electron chi connectivity index (χ3n) is 3.29. The summed E-state index contributed by atoms with van der Waals surface area (Å²) in [6.07, 6.45) is 0. The molecule has 0 aliphatic carbocycles. The molecule has 0 spiro atoms. The molecule has 0 atom stereocenters. The highest BCUT2D eigenvalue weighted by atomic mass is 16.4. The molecular formula is C16H11NO4. The van der Waals surface area contributed by atoms with E-state index in [4.69, 9.17) is 5.11 Å². The Kier molecular flexibility index (Phi) is 2.95. The van der Waals surface area contributed by atoms with Crippen molar-refractivity contribution in [3.63, 3.8) is 0 Å². The van der Waals surface area contributed by atoms with Gasteiger partial charge in [0.15, 0.2) is 5.75 Å². The number of hydrogen-bond acceptors (Lipinski definition) is 3. The Morgan fingerprint density at radius 2 is 1.76 bits per heavy atom. The number of H-pyrrole nitrogens is 1. The number of pyridine rings is 1. The number of hydrogen-bond donors (Lipinski definition) is 3. The Morgan fingerprint density at radius 3 is 2.43 bits per heavy atom. The van der Waals surface area contributed by atoms with Crippen LogP contribution in [0.3, 0.4) is 0 Å². The molecule has 3 rings (SSSR count). The topological polar surface area (TPSA) is 90.4 Å². The van der Waals surface area contributed by atoms with E-state index >= 15 is 0 Å². The van der Waals surface area contributed by atoms with Crippen LogP contribution in [-0.4, -0.2) is 21.2 Å². The molecule has 0 fully saturated rings. The lowest BCUT2D eigenvalue weighted by atomic mass is 10.1. The number of carbonyl (C=O) groups is 1. The number of carboxylic acids is 1. The first-order chi connectivity index (χ1) is 10.1. The van der Waals surface area contributed by atoms with Gasteiger partial charge < -0.3 is 15.2 Å². The lowest BCUT2D eigenvalue weighted by Gasteiger charge is -2.08. The van der Waals surface area contributed by atoms with Gasteiger partial charge in [-0.25, -0.2) is 4.79 Å². The summed E-state index contributed by atoms with van der Waals surface area (Å²) in [5.41, 5.74) is 0.837. The van der Waals surface area contributed by atoms with E-state index in [-0.39, 0.29) is 22.4 Å². The van der Waals surface area contributed by atoms with E-state index < -0.39 is 11.4 Å². The monoisotopic (exact) mass is 281 g/mol. The minimum absolute atomic E-state index is 0.0721. The van der Waals surface area contributed by atoms with Gasteiger partial charge in [0.1, 0.15) is 0 Å². The quantitative estimate of drug-likeness (QED) is 0.673. The fourth-order valence-corrected chi connectivity index (χ4v) is 2.23. The highest BCUT2D eigenvalue weighted by molar-refractivity contribution is 5.94. The van der Waals surface area contributed by atoms with Crippen molar-refractivity contribution in [2.75, 3.05) is 0 Å². The van der Waals surface area contributed by atoms with Crippen molar-refractivity contribution < 1.29 is 15.0 Å². The van der Waals surface area contributed by atoms with E-state index in [9.17, 15) is 14.7 Å². The van der Waals surface area contributed by atoms with Crippen molar-refractivity contribution >= 4 is 16.9 Å². The van der Waals surface area contributed by atoms with Crippen LogP contribution in [0.2, 0.25) is 0 Å². The Morgan fingerprint density at radius 1 is 1.05 bits per heavy atom. The third-order valence-corrected chi connectivity index (χ3v) is 3.29. The molecule has 0 amide bonds. The lowest BCUT2D eigenvalue weighted by Crippen LogP contribution is -2.06. The van der Waals surface area contributed by atoms with Gasteiger partial charge in [0.25, 0.3) is 0 Å². The molecular weight excluding hydrogens is 270 g/mol. The van der Waals surface area contributed by atoms with Gasteiger partial charge in [-0.05, 0) is 18.2 Å². The van der Waals surface area contributed by atoms with Crippen molar-refractivity contribution in [2.24, 2.45) is 0 Å². The van der Waals surface area contributed by atoms with Crippen molar-refractivity contribution in [1.82, 2.24) is 4.98 Å². The molecule has 1 aromatic heterocycles. The van der Waals surface area contributed by atoms with Gasteiger partial charge in [0.05, 0.1) is 16.8 Å². The highest BCUT2D eigenvalue weighted by Gasteiger charge is 2.13. The number of aromatic amines is 1. The van der Waals surface area contributed by atoms with Crippen LogP contribution >= 0.6 is 0 Å². The van der Waals surface area contributed by atoms with E-state index in [0.717, 1.165) is 0 Å². The second-order valence-electron chi connectivity index (χ2n) is 4.61. The molecule has 0 saturated heterocycles. The summed E-state index contributed by atoms with van der Waals surface area (Å²) in [7, 11) is 0. The van der Waals surface area contributed by atoms with Gasteiger partial charge in [-0.3, -0.25) is 4.79 Å². The first kappa shape index (κ1) is 12.9. The zero-order chi connectivity index (χ0) is 15.0. The van der Waals surface area contributed by atoms with Gasteiger partial charge in [-0.2, -0.15) is 0 Å². The largest absolute Gasteiger partial charge is 0.503 e. The van der Waals surface area contributed by atoms with E-state index in [1.807, 2.05) is 6.07 Å². The standard InChI is InChI=1S/C16H11NO4/c18-14-11-7-6-10(16(20)21)8-12(11)17-13(15(14)19)9-4-2-1-3-5-9/h1-8,19H,(H,17,18)(H,20,21). The smallest absolute Gasteiger partial charge is 0.335 e. The predicted octanol–water partition coefficient (Wildman–Crippen LogP) is 2.60. The average molecular weight is 281 g/mol. The van der Waals surface area contributed by atoms with Crippen LogP contribution in [0.15, 0.2) is 53.3 Å². The first-order valence-corrected chi connectivity index (χ1v) is 6.25. The maximum atomic E-state index is 12.2. The molecule has 0 aliphatic rings. The summed E-state index contributed by atoms with van der Waals surface area (Å²) in [5.74, 6) is -1.45. The molecule has 0 saturated carbocycles. The molecule has 0 aliphatic heterocycles. The SMILES string of the molecule is O=C(O)c1ccc2c(=O)c(O)c(-c3ccccc3)[nH]c2c1. The minimum Gasteiger partial charge on any atom is -0.503 e. The van der Waals surface area contributed by atoms with Crippen LogP contribution in [0.1, 0.15) is 10.4 Å². The van der Waals surface area contributed by atoms with Crippen LogP contribution in [0.5, 0.6) is 5.75 Å². The van der Waals surface area contributed by atoms with Crippen LogP contribution in [0.25, 0.3) is 22.2 Å². The fourth-order valence-electron chi connectivity index (χ4n) is 2.23. The van der Waals surface area contributed by atoms with Gasteiger partial charge in [-0.1, -0.05) is 30.3 Å². The Balaban J connectivity index is 2.34. The summed E-state index contributed by atoms with van der Waals surface area (Å²) < 4.78 is 0. The third kappa shape index (κ3) is 2.14. The van der Waals surface area contributed by atoms with Crippen LogP contribution in [-0.2, 0) is 0 Å². The normalized spacial score (nSPS) is 10.7. The van der Waals surface area contributed by atoms with Crippen molar-refractivity contribution in [1.29, 1.82) is 0 Å². The molecule has 3 aromatic rings. The molecule has 2 aromatic carbocycles. The number of benzene rings is 2. The fraction of sp³-hybridized carbons (Fsp3) is 0. The Bertz CT molecular complexity index is 897. The molecule has 5 heteroatoms. The van der Waals surface area contributed by atoms with Gasteiger partial charge in [0.2, 0.25) is 5.43 Å². The van der Waals surface area contributed by atoms with Gasteiger partial charge >= 0.3 is 5.97 Å². The number of rotatable bonds is 2. The van der Waals surface area contributed by atoms with Gasteiger partial charge in [0, 0.05) is 10.9 Å². The summed E-state index contributed by atoms with van der Waals surface area (Å²) in [5, 5.41) is 19.3. The lowest BCUT2D eigenvalue weighted by molar-refractivity contribution is 0.0697. The maximum Gasteiger partial charge on any atom is 0.335 e. The van der Waals surface area contributed by atoms with Crippen LogP contribution in [0.4, 0.5) is 0 Å². The Hall–Kier alpha value is -3.08. The van der Waals surface area contributed by atoms with Crippen LogP contribution < -0.4 is 5.43 Å². The zero-order valence-electron chi connectivity index (χ0n) is 10.8. The van der Waals surface area contributed by atoms with Crippen LogP contribution in [0, 0.1) is 0 Å². The van der Waals surface area contributed by atoms with Crippen molar-refractivity contribution in [3.8, 4) is 17.0 Å². The molecule has 21 heavy (non-hydrogen) atoms. The van der Waals surface area contributed by atoms with Crippen molar-refractivity contribution in [2.45, 2.75) is 0 Å². The highest BCUT2D eigenvalue weighted by Crippen LogP contribution is 2.26. The maximum absolute atomic E-state index is 12.2. The van der Waals surface area contributed by atoms with Gasteiger partial charge in [-0.15, -0.1) is 0 Å². The number of aromatic carboxylic acids is 1. The summed E-state index contributed by atoms with van der Waals surface area (Å²) in [6.45, 7) is 0. The van der Waals surface area contributed by atoms with E-state index in [2.05, 4.69) is 4.98 Å². The molecule has 0 radical (unpaired) electrons. The van der Waals surface area contributed by atoms with E-state index in [1.165, 1.54) is 18.2 Å². The van der Waals surface area contributed by atoms with E-state index in [1.54, 1.807) is 24.3 Å². The number of aromatic hydroxyl groups is 1. The second-order valence-corrected chi connectivity index (χ2v) is 4.61. The number of fused-ring (bicyclic) bond motifs is 1.